The maximum atomic E-state index is 13.7. The maximum absolute atomic E-state index is 13.7. The molecule has 3 N–H and O–H groups in total. The Bertz CT molecular complexity index is 919. The van der Waals surface area contributed by atoms with Crippen LogP contribution in [0.15, 0.2) is 18.2 Å². The summed E-state index contributed by atoms with van der Waals surface area (Å²) in [5.74, 6) is -5.15. The molecule has 3 aliphatic rings. The Kier molecular flexibility index (Phi) is 4.70. The second-order valence-electron chi connectivity index (χ2n) is 7.68. The lowest BCUT2D eigenvalue weighted by atomic mass is 10.0. The van der Waals surface area contributed by atoms with Crippen LogP contribution in [0.5, 0.6) is 0 Å². The van der Waals surface area contributed by atoms with Gasteiger partial charge in [-0.3, -0.25) is 34.3 Å². The Labute approximate surface area is 165 Å². The highest BCUT2D eigenvalue weighted by molar-refractivity contribution is 6.23. The average Bonchev–Trinajstić information content (AvgIpc) is 3.08. The van der Waals surface area contributed by atoms with E-state index in [0.717, 1.165) is 4.90 Å². The predicted octanol–water partition coefficient (Wildman–Crippen LogP) is 0.256. The smallest absolute Gasteiger partial charge is 0.262 e. The van der Waals surface area contributed by atoms with Gasteiger partial charge in [-0.05, 0) is 24.1 Å². The molecule has 10 heteroatoms. The van der Waals surface area contributed by atoms with Crippen molar-refractivity contribution in [2.75, 3.05) is 13.1 Å². The first-order chi connectivity index (χ1) is 13.7. The molecular weight excluding hydrogens is 386 g/mol. The molecule has 0 aliphatic carbocycles. The number of likely N-dealkylation sites (tertiary alicyclic amines) is 1. The number of benzene rings is 1. The minimum Gasteiger partial charge on any atom is -0.329 e. The molecule has 2 unspecified atom stereocenters. The lowest BCUT2D eigenvalue weighted by Crippen LogP contribution is -2.54. The number of halogens is 2. The number of nitrogens with one attached hydrogen (secondary N) is 1. The summed E-state index contributed by atoms with van der Waals surface area (Å²) in [6.45, 7) is -0.146. The number of nitrogens with zero attached hydrogens (tertiary/aromatic N) is 2. The molecule has 29 heavy (non-hydrogen) atoms. The second-order valence-corrected chi connectivity index (χ2v) is 7.68. The molecule has 8 nitrogen and oxygen atoms in total. The number of alkyl halides is 2. The number of rotatable bonds is 4. The molecule has 0 radical (unpaired) electrons. The van der Waals surface area contributed by atoms with Crippen LogP contribution in [0.2, 0.25) is 0 Å². The van der Waals surface area contributed by atoms with Crippen LogP contribution in [-0.4, -0.2) is 64.5 Å². The number of piperidine rings is 1. The zero-order chi connectivity index (χ0) is 20.9. The molecule has 0 saturated carbocycles. The van der Waals surface area contributed by atoms with Crippen LogP contribution < -0.4 is 11.1 Å². The molecule has 3 aliphatic heterocycles. The summed E-state index contributed by atoms with van der Waals surface area (Å²) >= 11 is 0. The van der Waals surface area contributed by atoms with Crippen molar-refractivity contribution >= 4 is 23.6 Å². The van der Waals surface area contributed by atoms with Crippen LogP contribution in [0.3, 0.4) is 0 Å². The first-order valence-corrected chi connectivity index (χ1v) is 9.36. The molecule has 1 aromatic carbocycles. The number of carbonyl (C=O) groups is 4. The van der Waals surface area contributed by atoms with Crippen LogP contribution in [0, 0.1) is 0 Å². The van der Waals surface area contributed by atoms with Crippen LogP contribution in [-0.2, 0) is 16.1 Å². The largest absolute Gasteiger partial charge is 0.329 e. The lowest BCUT2D eigenvalue weighted by molar-refractivity contribution is -0.136. The number of amides is 4. The van der Waals surface area contributed by atoms with Gasteiger partial charge >= 0.3 is 0 Å². The van der Waals surface area contributed by atoms with Crippen molar-refractivity contribution in [3.8, 4) is 0 Å². The summed E-state index contributed by atoms with van der Waals surface area (Å²) in [5, 5.41) is 2.14. The number of nitrogens with two attached hydrogens (primary N) is 1. The van der Waals surface area contributed by atoms with E-state index in [-0.39, 0.29) is 43.5 Å². The Morgan fingerprint density at radius 1 is 1.14 bits per heavy atom. The molecule has 2 saturated heterocycles. The zero-order valence-corrected chi connectivity index (χ0v) is 15.5. The van der Waals surface area contributed by atoms with Gasteiger partial charge in [0.1, 0.15) is 6.04 Å². The fourth-order valence-corrected chi connectivity index (χ4v) is 4.23. The van der Waals surface area contributed by atoms with Gasteiger partial charge < -0.3 is 5.73 Å². The third kappa shape index (κ3) is 3.42. The standard InChI is InChI=1S/C19H20F2N4O4/c20-19(21)6-11(7-22)24(9-19)8-10-1-2-12-13(5-10)18(29)25(17(12)28)14-3-4-15(26)23-16(14)27/h1-2,5,11,14H,3-4,6-9,22H2,(H,23,26,27). The summed E-state index contributed by atoms with van der Waals surface area (Å²) < 4.78 is 27.4. The number of hydrogen-bond acceptors (Lipinski definition) is 6. The van der Waals surface area contributed by atoms with Crippen molar-refractivity contribution in [3.05, 3.63) is 34.9 Å². The highest BCUT2D eigenvalue weighted by atomic mass is 19.3. The SMILES string of the molecule is NCC1CC(F)(F)CN1Cc1ccc2c(c1)C(=O)N(C1CCC(=O)NC1=O)C2=O. The summed E-state index contributed by atoms with van der Waals surface area (Å²) in [4.78, 5) is 51.4. The Hall–Kier alpha value is -2.72. The number of imide groups is 2. The molecule has 0 spiro atoms. The quantitative estimate of drug-likeness (QED) is 0.694. The number of fused-ring (bicyclic) bond motifs is 1. The van der Waals surface area contributed by atoms with Gasteiger partial charge in [0.15, 0.2) is 0 Å². The maximum Gasteiger partial charge on any atom is 0.262 e. The molecule has 3 heterocycles. The normalized spacial score (nSPS) is 26.8. The molecular formula is C19H20F2N4O4. The molecule has 4 rings (SSSR count). The van der Waals surface area contributed by atoms with E-state index in [4.69, 9.17) is 5.73 Å². The van der Waals surface area contributed by atoms with Crippen LogP contribution in [0.4, 0.5) is 8.78 Å². The topological polar surface area (TPSA) is 113 Å². The van der Waals surface area contributed by atoms with Crippen molar-refractivity contribution in [1.29, 1.82) is 0 Å². The van der Waals surface area contributed by atoms with Gasteiger partial charge in [-0.15, -0.1) is 0 Å². The zero-order valence-electron chi connectivity index (χ0n) is 15.5. The van der Waals surface area contributed by atoms with Crippen LogP contribution >= 0.6 is 0 Å². The van der Waals surface area contributed by atoms with Gasteiger partial charge in [-0.2, -0.15) is 0 Å². The van der Waals surface area contributed by atoms with Crippen molar-refractivity contribution in [1.82, 2.24) is 15.1 Å². The molecule has 1 aromatic rings. The first kappa shape index (κ1) is 19.6. The summed E-state index contributed by atoms with van der Waals surface area (Å²) in [6, 6.07) is 3.09. The Morgan fingerprint density at radius 2 is 1.86 bits per heavy atom. The third-order valence-electron chi connectivity index (χ3n) is 5.65. The predicted molar refractivity (Wildman–Crippen MR) is 95.9 cm³/mol. The number of carbonyl (C=O) groups excluding carboxylic acids is 4. The minimum absolute atomic E-state index is 0.0404. The monoisotopic (exact) mass is 406 g/mol. The molecule has 0 bridgehead atoms. The van der Waals surface area contributed by atoms with E-state index in [1.807, 2.05) is 0 Å². The Balaban J connectivity index is 1.56. The van der Waals surface area contributed by atoms with E-state index in [1.165, 1.54) is 12.1 Å². The van der Waals surface area contributed by atoms with Crippen LogP contribution in [0.25, 0.3) is 0 Å². The summed E-state index contributed by atoms with van der Waals surface area (Å²) in [7, 11) is 0. The van der Waals surface area contributed by atoms with Gasteiger partial charge in [0.25, 0.3) is 17.7 Å². The molecule has 2 fully saturated rings. The first-order valence-electron chi connectivity index (χ1n) is 9.36. The highest BCUT2D eigenvalue weighted by Gasteiger charge is 2.46. The molecule has 0 aromatic heterocycles. The van der Waals surface area contributed by atoms with Crippen molar-refractivity contribution in [2.45, 2.75) is 43.8 Å². The van der Waals surface area contributed by atoms with Gasteiger partial charge in [0.2, 0.25) is 11.8 Å². The molecule has 154 valence electrons. The van der Waals surface area contributed by atoms with Gasteiger partial charge in [-0.25, -0.2) is 8.78 Å². The number of hydrogen-bond donors (Lipinski definition) is 2. The van der Waals surface area contributed by atoms with Crippen LogP contribution in [0.1, 0.15) is 45.5 Å². The highest BCUT2D eigenvalue weighted by Crippen LogP contribution is 2.34. The fraction of sp³-hybridized carbons (Fsp3) is 0.474. The van der Waals surface area contributed by atoms with Crippen molar-refractivity contribution < 1.29 is 28.0 Å². The summed E-state index contributed by atoms with van der Waals surface area (Å²) in [5.41, 5.74) is 6.50. The average molecular weight is 406 g/mol. The van der Waals surface area contributed by atoms with E-state index >= 15 is 0 Å². The molecule has 2 atom stereocenters. The fourth-order valence-electron chi connectivity index (χ4n) is 4.23. The lowest BCUT2D eigenvalue weighted by Gasteiger charge is -2.27. The van der Waals surface area contributed by atoms with Gasteiger partial charge in [0.05, 0.1) is 17.7 Å². The van der Waals surface area contributed by atoms with E-state index in [9.17, 15) is 28.0 Å². The summed E-state index contributed by atoms with van der Waals surface area (Å²) in [6.07, 6.45) is -0.197. The van der Waals surface area contributed by atoms with E-state index < -0.39 is 48.2 Å². The minimum atomic E-state index is -2.81. The van der Waals surface area contributed by atoms with Crippen molar-refractivity contribution in [2.24, 2.45) is 5.73 Å². The van der Waals surface area contributed by atoms with E-state index in [1.54, 1.807) is 11.0 Å². The molecule has 4 amide bonds. The van der Waals surface area contributed by atoms with Gasteiger partial charge in [-0.1, -0.05) is 6.07 Å². The Morgan fingerprint density at radius 3 is 2.55 bits per heavy atom. The van der Waals surface area contributed by atoms with E-state index in [0.29, 0.717) is 5.56 Å². The van der Waals surface area contributed by atoms with E-state index in [2.05, 4.69) is 5.32 Å². The second kappa shape index (κ2) is 6.96. The van der Waals surface area contributed by atoms with Crippen molar-refractivity contribution in [3.63, 3.8) is 0 Å². The third-order valence-corrected chi connectivity index (χ3v) is 5.65. The van der Waals surface area contributed by atoms with Gasteiger partial charge in [0, 0.05) is 32.0 Å².